The molecule has 0 aromatic heterocycles. The summed E-state index contributed by atoms with van der Waals surface area (Å²) in [6.07, 6.45) is 0. The molecule has 1 rings (SSSR count). The fourth-order valence-corrected chi connectivity index (χ4v) is 0.739. The van der Waals surface area contributed by atoms with Crippen LogP contribution in [0.25, 0.3) is 0 Å². The minimum atomic E-state index is 0. The Hall–Kier alpha value is -0.860. The first kappa shape index (κ1) is 12.1. The number of aryl methyl sites for hydroxylation is 1. The van der Waals surface area contributed by atoms with Gasteiger partial charge in [0, 0.05) is 15.1 Å². The number of likely N-dealkylation sites (N-methyl/N-ethyl adjacent to an activating group) is 1. The van der Waals surface area contributed by atoms with Crippen LogP contribution in [-0.4, -0.2) is 27.3 Å². The van der Waals surface area contributed by atoms with Crippen molar-refractivity contribution in [2.24, 2.45) is 0 Å². The average molecular weight is 183 g/mol. The summed E-state index contributed by atoms with van der Waals surface area (Å²) in [6.45, 7) is 3.83. The van der Waals surface area contributed by atoms with Crippen LogP contribution in [0.1, 0.15) is 6.99 Å². The molecule has 0 heterocycles. The van der Waals surface area contributed by atoms with Crippen molar-refractivity contribution in [1.82, 2.24) is 5.32 Å². The van der Waals surface area contributed by atoms with Crippen LogP contribution in [0, 0.1) is 6.92 Å². The Bertz CT molecular complexity index is 188. The minimum absolute atomic E-state index is 0. The molecule has 13 heavy (non-hydrogen) atoms. The maximum absolute atomic E-state index is 4.72. The van der Waals surface area contributed by atoms with E-state index >= 15 is 0 Å². The second kappa shape index (κ2) is 9.23. The van der Waals surface area contributed by atoms with Crippen LogP contribution in [0.4, 0.5) is 0 Å². The predicted molar refractivity (Wildman–Crippen MR) is 59.1 cm³/mol. The van der Waals surface area contributed by atoms with E-state index in [9.17, 15) is 0 Å². The van der Waals surface area contributed by atoms with Crippen molar-refractivity contribution in [1.29, 1.82) is 0 Å². The van der Waals surface area contributed by atoms with Gasteiger partial charge >= 0.3 is 0 Å². The second-order valence-electron chi connectivity index (χ2n) is 2.75. The molecular formula is C11H21NO. The number of ether oxygens (including phenoxy) is 1. The molecule has 0 saturated carbocycles. The summed E-state index contributed by atoms with van der Waals surface area (Å²) in [4.78, 5) is 0. The highest BCUT2D eigenvalue weighted by Crippen LogP contribution is 1.92. The van der Waals surface area contributed by atoms with Crippen molar-refractivity contribution in [3.63, 3.8) is 0 Å². The molecule has 1 aromatic rings. The summed E-state index contributed by atoms with van der Waals surface area (Å²) in [5.41, 5.74) is 1.32. The largest absolute Gasteiger partial charge is 0.383 e. The zero-order valence-electron chi connectivity index (χ0n) is 8.71. The lowest BCUT2D eigenvalue weighted by Gasteiger charge is -1.92. The number of nitrogens with one attached hydrogen (secondary N) is 1. The van der Waals surface area contributed by atoms with Crippen molar-refractivity contribution in [2.75, 3.05) is 27.3 Å². The number of rotatable bonds is 3. The molecule has 0 unspecified atom stereocenters. The van der Waals surface area contributed by atoms with Crippen molar-refractivity contribution in [3.05, 3.63) is 35.9 Å². The Labute approximate surface area is 82.4 Å². The first-order chi connectivity index (χ1) is 6.31. The van der Waals surface area contributed by atoms with Crippen LogP contribution in [0.2, 0.25) is 0 Å². The number of methoxy groups -OCH3 is 1. The Morgan fingerprint density at radius 2 is 1.92 bits per heavy atom. The highest BCUT2D eigenvalue weighted by Gasteiger charge is 1.72. The average Bonchev–Trinajstić information content (AvgIpc) is 2.17. The van der Waals surface area contributed by atoms with Crippen LogP contribution < -0.4 is 5.32 Å². The van der Waals surface area contributed by atoms with E-state index in [4.69, 9.17) is 4.74 Å². The molecule has 2 nitrogen and oxygen atoms in total. The van der Waals surface area contributed by atoms with Gasteiger partial charge in [-0.25, -0.2) is 0 Å². The first-order valence-corrected chi connectivity index (χ1v) is 4.46. The summed E-state index contributed by atoms with van der Waals surface area (Å²) in [6, 6.07) is 10.3. The third kappa shape index (κ3) is 9.05. The summed E-state index contributed by atoms with van der Waals surface area (Å²) < 4.78 is 4.72. The Morgan fingerprint density at radius 3 is 2.15 bits per heavy atom. The molecule has 0 saturated heterocycles. The normalized spacial score (nSPS) is 8.85. The topological polar surface area (TPSA) is 21.3 Å². The van der Waals surface area contributed by atoms with Gasteiger partial charge < -0.3 is 10.1 Å². The van der Waals surface area contributed by atoms with Crippen LogP contribution >= 0.6 is 0 Å². The van der Waals surface area contributed by atoms with E-state index < -0.39 is 0 Å². The monoisotopic (exact) mass is 183 g/mol. The van der Waals surface area contributed by atoms with Crippen molar-refractivity contribution >= 4 is 0 Å². The number of hydrogen-bond donors (Lipinski definition) is 1. The quantitative estimate of drug-likeness (QED) is 0.725. The van der Waals surface area contributed by atoms with E-state index in [0.29, 0.717) is 0 Å². The van der Waals surface area contributed by atoms with Gasteiger partial charge in [0.1, 0.15) is 0 Å². The number of benzene rings is 1. The lowest BCUT2D eigenvalue weighted by molar-refractivity contribution is 0.201. The molecular weight excluding hydrogens is 162 g/mol. The highest BCUT2D eigenvalue weighted by atomic mass is 16.5. The van der Waals surface area contributed by atoms with Crippen molar-refractivity contribution < 1.29 is 6.16 Å². The Kier molecular flexibility index (Phi) is 8.62. The molecule has 0 aliphatic rings. The first-order valence-electron chi connectivity index (χ1n) is 4.46. The molecule has 0 aliphatic carbocycles. The van der Waals surface area contributed by atoms with E-state index in [1.807, 2.05) is 25.2 Å². The molecule has 2 heteroatoms. The number of hydrogen-bond acceptors (Lipinski definition) is 2. The van der Waals surface area contributed by atoms with Gasteiger partial charge in [-0.1, -0.05) is 35.9 Å². The van der Waals surface area contributed by atoms with Gasteiger partial charge in [0.2, 0.25) is 0 Å². The van der Waals surface area contributed by atoms with E-state index in [1.54, 1.807) is 7.11 Å². The molecule has 0 atom stereocenters. The third-order valence-electron chi connectivity index (χ3n) is 1.50. The Balaban J connectivity index is 0. The molecule has 0 spiro atoms. The van der Waals surface area contributed by atoms with Gasteiger partial charge in [-0.3, -0.25) is 0 Å². The fraction of sp³-hybridized carbons (Fsp3) is 0.455. The lowest BCUT2D eigenvalue weighted by atomic mass is 10.2. The van der Waals surface area contributed by atoms with Crippen LogP contribution in [0.3, 0.4) is 0 Å². The predicted octanol–water partition coefficient (Wildman–Crippen LogP) is 2.09. The summed E-state index contributed by atoms with van der Waals surface area (Å²) in [5, 5.41) is 2.94. The standard InChI is InChI=1S/C7H8.C4H11NO.H2/c1-7-5-3-2-4-6-7;1-5-3-4-6-2;/h2-6H,1H3;5H,3-4H2,1-2H3;1H. The SMILES string of the molecule is CNCCOC.Cc1ccccc1.[HH]. The maximum atomic E-state index is 4.72. The van der Waals surface area contributed by atoms with Crippen LogP contribution in [0.5, 0.6) is 0 Å². The zero-order valence-corrected chi connectivity index (χ0v) is 8.71. The molecule has 0 amide bonds. The third-order valence-corrected chi connectivity index (χ3v) is 1.50. The van der Waals surface area contributed by atoms with Crippen LogP contribution in [0.15, 0.2) is 30.3 Å². The van der Waals surface area contributed by atoms with Gasteiger partial charge in [0.05, 0.1) is 6.61 Å². The van der Waals surface area contributed by atoms with E-state index in [-0.39, 0.29) is 1.43 Å². The van der Waals surface area contributed by atoms with Gasteiger partial charge in [0.25, 0.3) is 0 Å². The maximum Gasteiger partial charge on any atom is 0.0587 e. The lowest BCUT2D eigenvalue weighted by Crippen LogP contribution is -2.12. The van der Waals surface area contributed by atoms with Gasteiger partial charge in [-0.15, -0.1) is 0 Å². The zero-order chi connectivity index (χ0) is 9.94. The molecule has 0 bridgehead atoms. The van der Waals surface area contributed by atoms with Gasteiger partial charge in [-0.2, -0.15) is 0 Å². The van der Waals surface area contributed by atoms with E-state index in [0.717, 1.165) is 13.2 Å². The summed E-state index contributed by atoms with van der Waals surface area (Å²) in [5.74, 6) is 0. The van der Waals surface area contributed by atoms with E-state index in [2.05, 4.69) is 24.4 Å². The molecule has 76 valence electrons. The van der Waals surface area contributed by atoms with Crippen molar-refractivity contribution in [3.8, 4) is 0 Å². The molecule has 0 fully saturated rings. The van der Waals surface area contributed by atoms with Crippen LogP contribution in [-0.2, 0) is 4.74 Å². The Morgan fingerprint density at radius 1 is 1.31 bits per heavy atom. The molecule has 0 radical (unpaired) electrons. The molecule has 1 N–H and O–H groups in total. The van der Waals surface area contributed by atoms with Gasteiger partial charge in [-0.05, 0) is 14.0 Å². The smallest absolute Gasteiger partial charge is 0.0587 e. The fourth-order valence-electron chi connectivity index (χ4n) is 0.739. The van der Waals surface area contributed by atoms with Crippen molar-refractivity contribution in [2.45, 2.75) is 6.92 Å². The molecule has 0 aliphatic heterocycles. The summed E-state index contributed by atoms with van der Waals surface area (Å²) in [7, 11) is 3.59. The second-order valence-corrected chi connectivity index (χ2v) is 2.75. The van der Waals surface area contributed by atoms with Gasteiger partial charge in [0.15, 0.2) is 0 Å². The minimum Gasteiger partial charge on any atom is -0.383 e. The highest BCUT2D eigenvalue weighted by molar-refractivity contribution is 5.11. The summed E-state index contributed by atoms with van der Waals surface area (Å²) >= 11 is 0. The van der Waals surface area contributed by atoms with E-state index in [1.165, 1.54) is 5.56 Å². The molecule has 1 aromatic carbocycles.